The minimum Gasteiger partial charge on any atom is -0.464 e. The Morgan fingerprint density at radius 1 is 0.568 bits per heavy atom. The second-order valence-electron chi connectivity index (χ2n) is 8.69. The van der Waals surface area contributed by atoms with Crippen LogP contribution in [0, 0.1) is 0 Å². The first-order valence-corrected chi connectivity index (χ1v) is 17.7. The molecule has 0 aliphatic rings. The van der Waals surface area contributed by atoms with Crippen LogP contribution in [0.5, 0.6) is 0 Å². The first-order valence-electron chi connectivity index (χ1n) is 12.6. The van der Waals surface area contributed by atoms with Crippen molar-refractivity contribution in [3.8, 4) is 0 Å². The van der Waals surface area contributed by atoms with E-state index in [0.29, 0.717) is 11.1 Å². The van der Waals surface area contributed by atoms with Crippen molar-refractivity contribution >= 4 is 65.8 Å². The number of carbonyl (C=O) groups is 2. The number of methoxy groups -OCH3 is 2. The number of esters is 2. The van der Waals surface area contributed by atoms with Crippen LogP contribution in [0.1, 0.15) is 22.3 Å². The van der Waals surface area contributed by atoms with Crippen molar-refractivity contribution < 1.29 is 44.5 Å². The molecule has 0 saturated heterocycles. The lowest BCUT2D eigenvalue weighted by atomic mass is 10.2. The highest BCUT2D eigenvalue weighted by Gasteiger charge is 2.20. The second kappa shape index (κ2) is 16.8. The molecule has 0 radical (unpaired) electrons. The summed E-state index contributed by atoms with van der Waals surface area (Å²) in [6, 6.07) is 23.7. The summed E-state index contributed by atoms with van der Waals surface area (Å²) in [6.45, 7) is 0. The Morgan fingerprint density at radius 3 is 1.23 bits per heavy atom. The molecule has 0 aliphatic carbocycles. The van der Waals surface area contributed by atoms with E-state index < -0.39 is 43.7 Å². The average molecular weight is 681 g/mol. The first-order chi connectivity index (χ1) is 21.0. The quantitative estimate of drug-likeness (QED) is 0.116. The molecule has 0 amide bonds. The Balaban J connectivity index is 1.59. The maximum absolute atomic E-state index is 12.3. The van der Waals surface area contributed by atoms with E-state index in [-0.39, 0.29) is 21.6 Å². The fourth-order valence-corrected chi connectivity index (χ4v) is 6.60. The van der Waals surface area contributed by atoms with Gasteiger partial charge in [-0.1, -0.05) is 119 Å². The summed E-state index contributed by atoms with van der Waals surface area (Å²) in [5.41, 5.74) is 2.51. The van der Waals surface area contributed by atoms with Crippen LogP contribution >= 0.6 is 23.5 Å². The van der Waals surface area contributed by atoms with Crippen LogP contribution in [0.25, 0.3) is 0 Å². The van der Waals surface area contributed by atoms with Gasteiger partial charge < -0.3 is 9.47 Å². The van der Waals surface area contributed by atoms with Crippen LogP contribution in [-0.4, -0.2) is 53.1 Å². The van der Waals surface area contributed by atoms with E-state index in [4.69, 9.17) is 18.0 Å². The predicted molar refractivity (Wildman–Crippen MR) is 168 cm³/mol. The van der Waals surface area contributed by atoms with Crippen molar-refractivity contribution in [1.29, 1.82) is 0 Å². The molecule has 0 bridgehead atoms. The van der Waals surface area contributed by atoms with Crippen LogP contribution in [-0.2, 0) is 70.9 Å². The van der Waals surface area contributed by atoms with Gasteiger partial charge in [0, 0.05) is 11.5 Å². The van der Waals surface area contributed by atoms with Gasteiger partial charge in [0.05, 0.1) is 14.2 Å². The van der Waals surface area contributed by atoms with Gasteiger partial charge in [-0.15, -0.1) is 0 Å². The van der Waals surface area contributed by atoms with Crippen LogP contribution < -0.4 is 0 Å². The lowest BCUT2D eigenvalue weighted by Crippen LogP contribution is -2.15. The Labute approximate surface area is 264 Å². The third kappa shape index (κ3) is 12.0. The number of thioether (sulfide) groups is 2. The largest absolute Gasteiger partial charge is 0.464 e. The van der Waals surface area contributed by atoms with E-state index in [1.165, 1.54) is 0 Å². The Kier molecular flexibility index (Phi) is 13.3. The molecule has 0 fully saturated rings. The van der Waals surface area contributed by atoms with Gasteiger partial charge in [0.15, 0.2) is 0 Å². The fourth-order valence-electron chi connectivity index (χ4n) is 3.25. The van der Waals surface area contributed by atoms with Gasteiger partial charge in [-0.3, -0.25) is 8.57 Å². The second-order valence-corrected chi connectivity index (χ2v) is 13.7. The zero-order valence-electron chi connectivity index (χ0n) is 23.5. The van der Waals surface area contributed by atoms with E-state index in [0.717, 1.165) is 48.9 Å². The molecule has 3 aromatic carbocycles. The van der Waals surface area contributed by atoms with E-state index in [9.17, 15) is 26.4 Å². The molecule has 0 aliphatic heterocycles. The Bertz CT molecular complexity index is 1550. The summed E-state index contributed by atoms with van der Waals surface area (Å²) < 4.78 is 68.0. The minimum atomic E-state index is -4.10. The molecule has 0 spiro atoms. The van der Waals surface area contributed by atoms with Gasteiger partial charge in [0.2, 0.25) is 10.1 Å². The van der Waals surface area contributed by atoms with Crippen LogP contribution in [0.4, 0.5) is 0 Å². The van der Waals surface area contributed by atoms with Gasteiger partial charge in [0.25, 0.3) is 0 Å². The van der Waals surface area contributed by atoms with E-state index in [1.807, 2.05) is 0 Å². The molecule has 3 rings (SSSR count). The fraction of sp³-hybridized carbons (Fsp3) is 0.214. The van der Waals surface area contributed by atoms with Gasteiger partial charge in [-0.05, 0) is 22.3 Å². The molecule has 0 saturated carbocycles. The highest BCUT2D eigenvalue weighted by Crippen LogP contribution is 2.21. The van der Waals surface area contributed by atoms with Gasteiger partial charge in [-0.25, -0.2) is 9.59 Å². The molecule has 234 valence electrons. The number of nitrogens with zero attached hydrogens (tertiary/aromatic N) is 2. The molecule has 44 heavy (non-hydrogen) atoms. The summed E-state index contributed by atoms with van der Waals surface area (Å²) in [5, 5.41) is 6.48. The predicted octanol–water partition coefficient (Wildman–Crippen LogP) is 4.22. The summed E-state index contributed by atoms with van der Waals surface area (Å²) in [4.78, 5) is 24.3. The summed E-state index contributed by atoms with van der Waals surface area (Å²) >= 11 is 1.84. The number of ether oxygens (including phenoxy) is 2. The number of hydrogen-bond donors (Lipinski definition) is 0. The summed E-state index contributed by atoms with van der Waals surface area (Å²) in [5.74, 6) is -2.11. The van der Waals surface area contributed by atoms with Crippen molar-refractivity contribution in [2.24, 2.45) is 10.3 Å². The van der Waals surface area contributed by atoms with E-state index in [1.54, 1.807) is 84.9 Å². The zero-order chi connectivity index (χ0) is 32.0. The molecule has 0 aromatic heterocycles. The molecular weight excluding hydrogens is 653 g/mol. The number of carbonyl (C=O) groups excluding carboxylic acids is 2. The maximum Gasteiger partial charge on any atom is 0.366 e. The van der Waals surface area contributed by atoms with Crippen molar-refractivity contribution in [1.82, 2.24) is 0 Å². The molecule has 3 aromatic rings. The van der Waals surface area contributed by atoms with Crippen LogP contribution in [0.3, 0.4) is 0 Å². The van der Waals surface area contributed by atoms with Crippen molar-refractivity contribution in [2.45, 2.75) is 23.0 Å². The first kappa shape index (κ1) is 34.6. The average Bonchev–Trinajstić information content (AvgIpc) is 3.01. The third-order valence-electron chi connectivity index (χ3n) is 5.33. The number of oxime groups is 2. The zero-order valence-corrected chi connectivity index (χ0v) is 26.8. The Hall–Kier alpha value is -3.86. The molecule has 0 unspecified atom stereocenters. The molecule has 0 N–H and O–H groups in total. The molecule has 0 heterocycles. The standard InChI is InChI=1S/C28H28N2O10S4/c1-37-27(31)25(29-39-43(33,34)19-23-9-5-3-6-10-23)41-17-21-13-15-22(16-14-21)18-42-26(28(32)38-2)30-40-44(35,36)20-24-11-7-4-8-12-24/h3-16H,17-20H2,1-2H3. The lowest BCUT2D eigenvalue weighted by molar-refractivity contribution is -0.133. The smallest absolute Gasteiger partial charge is 0.366 e. The molecule has 0 atom stereocenters. The number of rotatable bonds is 12. The molecule has 12 nitrogen and oxygen atoms in total. The highest BCUT2D eigenvalue weighted by atomic mass is 32.2. The van der Waals surface area contributed by atoms with Crippen LogP contribution in [0.2, 0.25) is 0 Å². The SMILES string of the molecule is COC(=O)C(=NOS(=O)(=O)Cc1ccccc1)SCc1ccc(CSC(=NOS(=O)(=O)Cc2ccccc2)C(=O)OC)cc1. The van der Waals surface area contributed by atoms with Gasteiger partial charge in [-0.2, -0.15) is 16.8 Å². The normalized spacial score (nSPS) is 12.3. The summed E-state index contributed by atoms with van der Waals surface area (Å²) in [6.07, 6.45) is 0. The van der Waals surface area contributed by atoms with Gasteiger partial charge in [0.1, 0.15) is 11.5 Å². The summed E-state index contributed by atoms with van der Waals surface area (Å²) in [7, 11) is -5.93. The maximum atomic E-state index is 12.3. The van der Waals surface area contributed by atoms with E-state index in [2.05, 4.69) is 10.3 Å². The minimum absolute atomic E-state index is 0.228. The molecular formula is C28H28N2O10S4. The Morgan fingerprint density at radius 2 is 0.909 bits per heavy atom. The van der Waals surface area contributed by atoms with Gasteiger partial charge >= 0.3 is 32.2 Å². The van der Waals surface area contributed by atoms with Crippen molar-refractivity contribution in [2.75, 3.05) is 14.2 Å². The lowest BCUT2D eigenvalue weighted by Gasteiger charge is -2.07. The van der Waals surface area contributed by atoms with Crippen molar-refractivity contribution in [3.05, 3.63) is 107 Å². The number of hydrogen-bond acceptors (Lipinski definition) is 14. The van der Waals surface area contributed by atoms with Crippen LogP contribution in [0.15, 0.2) is 95.2 Å². The topological polar surface area (TPSA) is 164 Å². The monoisotopic (exact) mass is 680 g/mol. The third-order valence-corrected chi connectivity index (χ3v) is 9.30. The highest BCUT2D eigenvalue weighted by molar-refractivity contribution is 8.15. The molecule has 16 heteroatoms. The van der Waals surface area contributed by atoms with Crippen molar-refractivity contribution in [3.63, 3.8) is 0 Å². The number of benzene rings is 3. The van der Waals surface area contributed by atoms with E-state index >= 15 is 0 Å².